The third-order valence-corrected chi connectivity index (χ3v) is 3.91. The molecule has 0 radical (unpaired) electrons. The van der Waals surface area contributed by atoms with E-state index in [-0.39, 0.29) is 0 Å². The Morgan fingerprint density at radius 1 is 1.20 bits per heavy atom. The first-order valence-corrected chi connectivity index (χ1v) is 7.81. The lowest BCUT2D eigenvalue weighted by molar-refractivity contribution is 0.175. The van der Waals surface area contributed by atoms with E-state index in [1.54, 1.807) is 7.11 Å². The first-order chi connectivity index (χ1) is 9.83. The number of ether oxygens (including phenoxy) is 2. The van der Waals surface area contributed by atoms with E-state index in [9.17, 15) is 0 Å². The summed E-state index contributed by atoms with van der Waals surface area (Å²) in [7, 11) is 1.74. The predicted octanol–water partition coefficient (Wildman–Crippen LogP) is 3.18. The van der Waals surface area contributed by atoms with Crippen LogP contribution in [0.3, 0.4) is 0 Å². The minimum Gasteiger partial charge on any atom is -0.489 e. The number of rotatable bonds is 8. The molecule has 2 atom stereocenters. The van der Waals surface area contributed by atoms with Crippen LogP contribution in [0.4, 0.5) is 0 Å². The average Bonchev–Trinajstić information content (AvgIpc) is 2.91. The summed E-state index contributed by atoms with van der Waals surface area (Å²) in [6.07, 6.45) is 6.12. The molecule has 1 fully saturated rings. The Kier molecular flexibility index (Phi) is 6.34. The molecule has 0 saturated heterocycles. The van der Waals surface area contributed by atoms with Crippen molar-refractivity contribution in [3.8, 4) is 5.75 Å². The average molecular weight is 277 g/mol. The first kappa shape index (κ1) is 15.3. The third-order valence-electron chi connectivity index (χ3n) is 3.91. The van der Waals surface area contributed by atoms with Crippen LogP contribution in [0.25, 0.3) is 0 Å². The Hall–Kier alpha value is -1.06. The molecular weight excluding hydrogens is 250 g/mol. The summed E-state index contributed by atoms with van der Waals surface area (Å²) in [5.74, 6) is 0.987. The third kappa shape index (κ3) is 4.50. The zero-order valence-electron chi connectivity index (χ0n) is 12.7. The van der Waals surface area contributed by atoms with Crippen LogP contribution in [0.15, 0.2) is 24.3 Å². The van der Waals surface area contributed by atoms with Crippen molar-refractivity contribution in [2.75, 3.05) is 20.3 Å². The van der Waals surface area contributed by atoms with Crippen molar-refractivity contribution in [3.05, 3.63) is 29.8 Å². The maximum atomic E-state index is 6.15. The van der Waals surface area contributed by atoms with E-state index in [2.05, 4.69) is 36.5 Å². The van der Waals surface area contributed by atoms with Crippen LogP contribution in [-0.4, -0.2) is 32.4 Å². The molecule has 0 bridgehead atoms. The Morgan fingerprint density at radius 3 is 2.70 bits per heavy atom. The smallest absolute Gasteiger partial charge is 0.119 e. The zero-order chi connectivity index (χ0) is 14.2. The highest BCUT2D eigenvalue weighted by Gasteiger charge is 2.28. The van der Waals surface area contributed by atoms with Gasteiger partial charge in [-0.15, -0.1) is 0 Å². The second kappa shape index (κ2) is 8.28. The highest BCUT2D eigenvalue weighted by atomic mass is 16.5. The van der Waals surface area contributed by atoms with E-state index >= 15 is 0 Å². The predicted molar refractivity (Wildman–Crippen MR) is 82.4 cm³/mol. The maximum absolute atomic E-state index is 6.15. The van der Waals surface area contributed by atoms with Crippen molar-refractivity contribution in [1.82, 2.24) is 5.32 Å². The SMILES string of the molecule is CCCNC1CCCC1Oc1ccc(CCOC)cc1. The fourth-order valence-electron chi connectivity index (χ4n) is 2.76. The molecule has 0 heterocycles. The van der Waals surface area contributed by atoms with Gasteiger partial charge < -0.3 is 14.8 Å². The molecule has 1 aliphatic carbocycles. The number of benzene rings is 1. The summed E-state index contributed by atoms with van der Waals surface area (Å²) in [6, 6.07) is 8.96. The molecule has 1 N–H and O–H groups in total. The van der Waals surface area contributed by atoms with Crippen LogP contribution in [0.5, 0.6) is 5.75 Å². The molecule has 3 nitrogen and oxygen atoms in total. The van der Waals surface area contributed by atoms with E-state index in [0.29, 0.717) is 12.1 Å². The molecule has 0 amide bonds. The van der Waals surface area contributed by atoms with Crippen LogP contribution in [0.2, 0.25) is 0 Å². The van der Waals surface area contributed by atoms with Gasteiger partial charge in [0.05, 0.1) is 6.61 Å². The zero-order valence-corrected chi connectivity index (χ0v) is 12.7. The van der Waals surface area contributed by atoms with Crippen LogP contribution < -0.4 is 10.1 Å². The lowest BCUT2D eigenvalue weighted by atomic mass is 10.1. The van der Waals surface area contributed by atoms with Crippen molar-refractivity contribution in [3.63, 3.8) is 0 Å². The Bertz CT molecular complexity index is 377. The van der Waals surface area contributed by atoms with Gasteiger partial charge in [0, 0.05) is 13.2 Å². The van der Waals surface area contributed by atoms with Gasteiger partial charge in [-0.1, -0.05) is 19.1 Å². The minimum atomic E-state index is 0.325. The number of hydrogen-bond donors (Lipinski definition) is 1. The quantitative estimate of drug-likeness (QED) is 0.791. The largest absolute Gasteiger partial charge is 0.489 e. The van der Waals surface area contributed by atoms with E-state index in [4.69, 9.17) is 9.47 Å². The van der Waals surface area contributed by atoms with Gasteiger partial charge in [0.2, 0.25) is 0 Å². The van der Waals surface area contributed by atoms with Crippen molar-refractivity contribution in [2.45, 2.75) is 51.2 Å². The van der Waals surface area contributed by atoms with E-state index < -0.39 is 0 Å². The van der Waals surface area contributed by atoms with Gasteiger partial charge >= 0.3 is 0 Å². The minimum absolute atomic E-state index is 0.325. The van der Waals surface area contributed by atoms with Gasteiger partial charge in [0.25, 0.3) is 0 Å². The van der Waals surface area contributed by atoms with Crippen LogP contribution in [0.1, 0.15) is 38.2 Å². The Balaban J connectivity index is 1.85. The molecule has 112 valence electrons. The molecule has 1 aliphatic rings. The van der Waals surface area contributed by atoms with Gasteiger partial charge in [0.1, 0.15) is 11.9 Å². The molecular formula is C17H27NO2. The van der Waals surface area contributed by atoms with E-state index in [1.165, 1.54) is 24.8 Å². The summed E-state index contributed by atoms with van der Waals surface area (Å²) in [5, 5.41) is 3.60. The number of hydrogen-bond acceptors (Lipinski definition) is 3. The van der Waals surface area contributed by atoms with Crippen LogP contribution in [-0.2, 0) is 11.2 Å². The fourth-order valence-corrected chi connectivity index (χ4v) is 2.76. The molecule has 1 aromatic rings. The summed E-state index contributed by atoms with van der Waals surface area (Å²) in [5.41, 5.74) is 1.30. The maximum Gasteiger partial charge on any atom is 0.119 e. The summed E-state index contributed by atoms with van der Waals surface area (Å²) < 4.78 is 11.2. The van der Waals surface area contributed by atoms with Gasteiger partial charge in [0.15, 0.2) is 0 Å². The first-order valence-electron chi connectivity index (χ1n) is 7.81. The molecule has 2 rings (SSSR count). The number of nitrogens with one attached hydrogen (secondary N) is 1. The standard InChI is InChI=1S/C17H27NO2/c1-3-12-18-16-5-4-6-17(16)20-15-9-7-14(8-10-15)11-13-19-2/h7-10,16-18H,3-6,11-13H2,1-2H3. The van der Waals surface area contributed by atoms with Gasteiger partial charge in [-0.25, -0.2) is 0 Å². The van der Waals surface area contributed by atoms with Crippen molar-refractivity contribution in [1.29, 1.82) is 0 Å². The monoisotopic (exact) mass is 277 g/mol. The summed E-state index contributed by atoms with van der Waals surface area (Å²) >= 11 is 0. The molecule has 2 unspecified atom stereocenters. The fraction of sp³-hybridized carbons (Fsp3) is 0.647. The normalized spacial score (nSPS) is 22.1. The Morgan fingerprint density at radius 2 is 2.00 bits per heavy atom. The highest BCUT2D eigenvalue weighted by molar-refractivity contribution is 5.27. The second-order valence-corrected chi connectivity index (χ2v) is 5.53. The Labute approximate surface area is 122 Å². The topological polar surface area (TPSA) is 30.5 Å². The molecule has 20 heavy (non-hydrogen) atoms. The van der Waals surface area contributed by atoms with Crippen molar-refractivity contribution in [2.24, 2.45) is 0 Å². The lowest BCUT2D eigenvalue weighted by Crippen LogP contribution is -2.39. The number of methoxy groups -OCH3 is 1. The van der Waals surface area contributed by atoms with E-state index in [0.717, 1.165) is 31.7 Å². The summed E-state index contributed by atoms with van der Waals surface area (Å²) in [4.78, 5) is 0. The highest BCUT2D eigenvalue weighted by Crippen LogP contribution is 2.25. The van der Waals surface area contributed by atoms with E-state index in [1.807, 2.05) is 0 Å². The second-order valence-electron chi connectivity index (χ2n) is 5.53. The molecule has 0 aliphatic heterocycles. The molecule has 0 aromatic heterocycles. The molecule has 3 heteroatoms. The van der Waals surface area contributed by atoms with Gasteiger partial charge in [-0.3, -0.25) is 0 Å². The summed E-state index contributed by atoms with van der Waals surface area (Å²) in [6.45, 7) is 4.06. The van der Waals surface area contributed by atoms with Crippen LogP contribution in [0, 0.1) is 0 Å². The molecule has 1 aromatic carbocycles. The van der Waals surface area contributed by atoms with Gasteiger partial charge in [-0.05, 0) is 56.3 Å². The lowest BCUT2D eigenvalue weighted by Gasteiger charge is -2.22. The van der Waals surface area contributed by atoms with Crippen molar-refractivity contribution < 1.29 is 9.47 Å². The van der Waals surface area contributed by atoms with Gasteiger partial charge in [-0.2, -0.15) is 0 Å². The van der Waals surface area contributed by atoms with Crippen LogP contribution >= 0.6 is 0 Å². The molecule has 0 spiro atoms. The van der Waals surface area contributed by atoms with Crippen molar-refractivity contribution >= 4 is 0 Å². The molecule has 1 saturated carbocycles.